The number of nitrogens with two attached hydrogens (primary N) is 1. The Morgan fingerprint density at radius 1 is 1.12 bits per heavy atom. The summed E-state index contributed by atoms with van der Waals surface area (Å²) >= 11 is 0. The van der Waals surface area contributed by atoms with E-state index in [1.807, 2.05) is 38.1 Å². The van der Waals surface area contributed by atoms with Crippen molar-refractivity contribution in [3.63, 3.8) is 0 Å². The lowest BCUT2D eigenvalue weighted by atomic mass is 9.94. The third-order valence-electron chi connectivity index (χ3n) is 4.72. The first-order valence-electron chi connectivity index (χ1n) is 7.70. The van der Waals surface area contributed by atoms with Crippen molar-refractivity contribution in [2.24, 2.45) is 5.73 Å². The van der Waals surface area contributed by atoms with Crippen molar-refractivity contribution in [3.8, 4) is 5.75 Å². The first-order valence-corrected chi connectivity index (χ1v) is 7.70. The Bertz CT molecular complexity index is 1140. The molecule has 0 bridgehead atoms. The maximum Gasteiger partial charge on any atom is 0.267 e. The highest BCUT2D eigenvalue weighted by atomic mass is 16.5. The number of H-pyrrole nitrogens is 1. The Balaban J connectivity index is 2.29. The number of aromatic amines is 1. The number of nitrogens with zero attached hydrogens (tertiary/aromatic N) is 1. The van der Waals surface area contributed by atoms with Crippen molar-refractivity contribution in [1.82, 2.24) is 9.97 Å². The van der Waals surface area contributed by atoms with Crippen molar-refractivity contribution in [3.05, 3.63) is 47.3 Å². The summed E-state index contributed by atoms with van der Waals surface area (Å²) in [6.07, 6.45) is 1.63. The van der Waals surface area contributed by atoms with Gasteiger partial charge in [0.25, 0.3) is 5.91 Å². The van der Waals surface area contributed by atoms with Gasteiger partial charge in [-0.3, -0.25) is 9.78 Å². The number of carbonyl (C=O) groups is 1. The molecule has 0 fully saturated rings. The van der Waals surface area contributed by atoms with Gasteiger partial charge < -0.3 is 15.5 Å². The van der Waals surface area contributed by atoms with Crippen LogP contribution in [0.2, 0.25) is 0 Å². The van der Waals surface area contributed by atoms with Crippen LogP contribution in [0.1, 0.15) is 21.6 Å². The predicted octanol–water partition coefficient (Wildman–Crippen LogP) is 3.59. The molecule has 3 N–H and O–H groups in total. The van der Waals surface area contributed by atoms with E-state index >= 15 is 0 Å². The summed E-state index contributed by atoms with van der Waals surface area (Å²) in [5.41, 5.74) is 10.0. The molecule has 0 atom stereocenters. The molecule has 0 aliphatic heterocycles. The minimum Gasteiger partial charge on any atom is -0.497 e. The molecule has 5 heteroatoms. The molecular formula is C19H17N3O2. The zero-order chi connectivity index (χ0) is 17.0. The number of amides is 1. The number of aryl methyl sites for hydroxylation is 2. The quantitative estimate of drug-likeness (QED) is 0.592. The Kier molecular flexibility index (Phi) is 3.00. The molecule has 4 rings (SSSR count). The van der Waals surface area contributed by atoms with Gasteiger partial charge in [-0.1, -0.05) is 0 Å². The number of aromatic nitrogens is 2. The molecule has 2 aromatic carbocycles. The van der Waals surface area contributed by atoms with Crippen molar-refractivity contribution >= 4 is 38.5 Å². The number of carbonyl (C=O) groups excluding carboxylic acids is 1. The number of rotatable bonds is 2. The predicted molar refractivity (Wildman–Crippen MR) is 95.6 cm³/mol. The van der Waals surface area contributed by atoms with Crippen LogP contribution >= 0.6 is 0 Å². The van der Waals surface area contributed by atoms with Gasteiger partial charge in [-0.25, -0.2) is 0 Å². The van der Waals surface area contributed by atoms with E-state index in [-0.39, 0.29) is 0 Å². The van der Waals surface area contributed by atoms with Crippen molar-refractivity contribution in [1.29, 1.82) is 0 Å². The molecule has 0 unspecified atom stereocenters. The Morgan fingerprint density at radius 2 is 1.92 bits per heavy atom. The fraction of sp³-hybridized carbons (Fsp3) is 0.158. The summed E-state index contributed by atoms with van der Waals surface area (Å²) in [5.74, 6) is 0.279. The molecule has 0 aliphatic rings. The van der Waals surface area contributed by atoms with Crippen LogP contribution in [0, 0.1) is 13.8 Å². The summed E-state index contributed by atoms with van der Waals surface area (Å²) in [7, 11) is 1.65. The number of nitrogens with one attached hydrogen (secondary N) is 1. The van der Waals surface area contributed by atoms with Crippen molar-refractivity contribution < 1.29 is 9.53 Å². The molecule has 0 spiro atoms. The summed E-state index contributed by atoms with van der Waals surface area (Å²) in [5, 5.41) is 3.94. The zero-order valence-electron chi connectivity index (χ0n) is 13.7. The fourth-order valence-corrected chi connectivity index (χ4v) is 3.57. The Labute approximate surface area is 138 Å². The van der Waals surface area contributed by atoms with E-state index in [0.717, 1.165) is 49.5 Å². The van der Waals surface area contributed by atoms with Crippen molar-refractivity contribution in [2.75, 3.05) is 7.11 Å². The van der Waals surface area contributed by atoms with Gasteiger partial charge in [0.15, 0.2) is 0 Å². The smallest absolute Gasteiger partial charge is 0.267 e. The van der Waals surface area contributed by atoms with Gasteiger partial charge in [0.05, 0.1) is 12.6 Å². The van der Waals surface area contributed by atoms with Crippen LogP contribution in [0.3, 0.4) is 0 Å². The first-order chi connectivity index (χ1) is 11.5. The number of ether oxygens (including phenoxy) is 1. The second kappa shape index (κ2) is 4.96. The second-order valence-electron chi connectivity index (χ2n) is 5.98. The SMILES string of the molecule is COc1ccc2[nH]c3c(C)c4ccnc(C(N)=O)c4c(C)c3c2c1. The summed E-state index contributed by atoms with van der Waals surface area (Å²) in [4.78, 5) is 19.5. The highest BCUT2D eigenvalue weighted by Gasteiger charge is 2.18. The van der Waals surface area contributed by atoms with Gasteiger partial charge >= 0.3 is 0 Å². The van der Waals surface area contributed by atoms with Gasteiger partial charge in [-0.05, 0) is 54.6 Å². The molecule has 1 amide bonds. The van der Waals surface area contributed by atoms with Crippen molar-refractivity contribution in [2.45, 2.75) is 13.8 Å². The van der Waals surface area contributed by atoms with E-state index < -0.39 is 5.91 Å². The number of fused-ring (bicyclic) bond motifs is 4. The average Bonchev–Trinajstić information content (AvgIpc) is 2.97. The van der Waals surface area contributed by atoms with E-state index in [0.29, 0.717) is 5.69 Å². The van der Waals surface area contributed by atoms with Gasteiger partial charge in [0.2, 0.25) is 0 Å². The third-order valence-corrected chi connectivity index (χ3v) is 4.72. The monoisotopic (exact) mass is 319 g/mol. The molecule has 4 aromatic rings. The fourth-order valence-electron chi connectivity index (χ4n) is 3.57. The molecule has 5 nitrogen and oxygen atoms in total. The topological polar surface area (TPSA) is 81.0 Å². The van der Waals surface area contributed by atoms with Gasteiger partial charge in [-0.2, -0.15) is 0 Å². The zero-order valence-corrected chi connectivity index (χ0v) is 13.7. The van der Waals surface area contributed by atoms with E-state index in [9.17, 15) is 4.79 Å². The number of primary amides is 1. The van der Waals surface area contributed by atoms with Crippen LogP contribution in [-0.2, 0) is 0 Å². The summed E-state index contributed by atoms with van der Waals surface area (Å²) in [6, 6.07) is 7.87. The van der Waals surface area contributed by atoms with Gasteiger partial charge in [0.1, 0.15) is 11.4 Å². The molecule has 0 saturated heterocycles. The highest BCUT2D eigenvalue weighted by Crippen LogP contribution is 2.38. The lowest BCUT2D eigenvalue weighted by Gasteiger charge is -2.11. The summed E-state index contributed by atoms with van der Waals surface area (Å²) < 4.78 is 5.36. The average molecular weight is 319 g/mol. The first kappa shape index (κ1) is 14.5. The summed E-state index contributed by atoms with van der Waals surface area (Å²) in [6.45, 7) is 4.05. The van der Waals surface area contributed by atoms with E-state index in [1.165, 1.54) is 0 Å². The number of hydrogen-bond acceptors (Lipinski definition) is 3. The van der Waals surface area contributed by atoms with Crippen LogP contribution < -0.4 is 10.5 Å². The number of pyridine rings is 1. The van der Waals surface area contributed by atoms with Gasteiger partial charge in [-0.15, -0.1) is 0 Å². The molecule has 120 valence electrons. The number of methoxy groups -OCH3 is 1. The number of benzene rings is 2. The second-order valence-corrected chi connectivity index (χ2v) is 5.98. The lowest BCUT2D eigenvalue weighted by molar-refractivity contribution is 0.0997. The Morgan fingerprint density at radius 3 is 2.62 bits per heavy atom. The molecule has 0 radical (unpaired) electrons. The maximum atomic E-state index is 11.8. The molecular weight excluding hydrogens is 302 g/mol. The molecule has 0 aliphatic carbocycles. The van der Waals surface area contributed by atoms with Crippen LogP contribution in [-0.4, -0.2) is 23.0 Å². The standard InChI is InChI=1S/C19H17N3O2/c1-9-12-6-7-21-18(19(20)23)15(12)10(2)16-13-8-11(24-3)4-5-14(13)22-17(9)16/h4-8,22H,1-3H3,(H2,20,23). The van der Waals surface area contributed by atoms with E-state index in [2.05, 4.69) is 9.97 Å². The van der Waals surface area contributed by atoms with Crippen LogP contribution in [0.5, 0.6) is 5.75 Å². The van der Waals surface area contributed by atoms with Crippen LogP contribution in [0.25, 0.3) is 32.6 Å². The molecule has 24 heavy (non-hydrogen) atoms. The minimum atomic E-state index is -0.514. The van der Waals surface area contributed by atoms with E-state index in [1.54, 1.807) is 13.3 Å². The van der Waals surface area contributed by atoms with Crippen LogP contribution in [0.15, 0.2) is 30.5 Å². The maximum absolute atomic E-state index is 11.8. The lowest BCUT2D eigenvalue weighted by Crippen LogP contribution is -2.14. The molecule has 2 aromatic heterocycles. The largest absolute Gasteiger partial charge is 0.497 e. The normalized spacial score (nSPS) is 11.5. The minimum absolute atomic E-state index is 0.312. The third kappa shape index (κ3) is 1.81. The highest BCUT2D eigenvalue weighted by molar-refractivity contribution is 6.19. The van der Waals surface area contributed by atoms with E-state index in [4.69, 9.17) is 10.5 Å². The van der Waals surface area contributed by atoms with Crippen LogP contribution in [0.4, 0.5) is 0 Å². The molecule has 2 heterocycles. The number of hydrogen-bond donors (Lipinski definition) is 2. The molecule has 0 saturated carbocycles. The van der Waals surface area contributed by atoms with Gasteiger partial charge in [0, 0.05) is 27.9 Å². The Hall–Kier alpha value is -3.08.